The summed E-state index contributed by atoms with van der Waals surface area (Å²) in [6.07, 6.45) is 3.14. The number of aromatic nitrogens is 2. The Morgan fingerprint density at radius 2 is 1.71 bits per heavy atom. The van der Waals surface area contributed by atoms with Crippen LogP contribution in [0, 0.1) is 0 Å². The van der Waals surface area contributed by atoms with Crippen LogP contribution in [0.3, 0.4) is 0 Å². The zero-order valence-corrected chi connectivity index (χ0v) is 14.2. The van der Waals surface area contributed by atoms with E-state index in [1.54, 1.807) is 11.3 Å². The molecule has 0 unspecified atom stereocenters. The molecule has 0 fully saturated rings. The van der Waals surface area contributed by atoms with Gasteiger partial charge < -0.3 is 5.32 Å². The molecule has 120 valence electrons. The van der Waals surface area contributed by atoms with E-state index < -0.39 is 0 Å². The molecular weight excluding hydrogens is 314 g/mol. The summed E-state index contributed by atoms with van der Waals surface area (Å²) >= 11 is 1.68. The first-order valence-corrected chi connectivity index (χ1v) is 9.04. The van der Waals surface area contributed by atoms with Gasteiger partial charge in [0, 0.05) is 23.7 Å². The van der Waals surface area contributed by atoms with E-state index in [0.717, 1.165) is 30.2 Å². The minimum Gasteiger partial charge on any atom is -0.311 e. The van der Waals surface area contributed by atoms with Crippen LogP contribution in [0.5, 0.6) is 0 Å². The third-order valence-electron chi connectivity index (χ3n) is 4.13. The van der Waals surface area contributed by atoms with E-state index in [-0.39, 0.29) is 0 Å². The van der Waals surface area contributed by atoms with E-state index in [1.807, 2.05) is 6.07 Å². The number of fused-ring (bicyclic) bond motifs is 1. The maximum Gasteiger partial charge on any atom is 0.194 e. The van der Waals surface area contributed by atoms with Gasteiger partial charge in [-0.25, -0.2) is 4.98 Å². The average Bonchev–Trinajstić information content (AvgIpc) is 3.22. The van der Waals surface area contributed by atoms with Crippen LogP contribution >= 0.6 is 11.3 Å². The van der Waals surface area contributed by atoms with Crippen molar-refractivity contribution in [1.82, 2.24) is 14.7 Å². The highest BCUT2D eigenvalue weighted by Crippen LogP contribution is 2.26. The summed E-state index contributed by atoms with van der Waals surface area (Å²) in [5.41, 5.74) is 4.84. The average molecular weight is 333 g/mol. The van der Waals surface area contributed by atoms with Crippen molar-refractivity contribution >= 4 is 16.3 Å². The summed E-state index contributed by atoms with van der Waals surface area (Å²) < 4.78 is 2.20. The highest BCUT2D eigenvalue weighted by Gasteiger charge is 2.14. The third kappa shape index (κ3) is 3.11. The lowest BCUT2D eigenvalue weighted by molar-refractivity contribution is 0.673. The highest BCUT2D eigenvalue weighted by atomic mass is 32.1. The first-order chi connectivity index (χ1) is 11.9. The smallest absolute Gasteiger partial charge is 0.194 e. The zero-order valence-electron chi connectivity index (χ0n) is 13.4. The molecule has 0 aliphatic carbocycles. The lowest BCUT2D eigenvalue weighted by Gasteiger charge is -2.07. The molecule has 0 spiro atoms. The van der Waals surface area contributed by atoms with Crippen LogP contribution in [0.1, 0.15) is 11.3 Å². The van der Waals surface area contributed by atoms with Crippen LogP contribution in [0.15, 0.2) is 72.2 Å². The van der Waals surface area contributed by atoms with Crippen LogP contribution in [0.25, 0.3) is 16.2 Å². The monoisotopic (exact) mass is 333 g/mol. The van der Waals surface area contributed by atoms with Gasteiger partial charge in [0.1, 0.15) is 0 Å². The molecule has 4 heteroatoms. The predicted molar refractivity (Wildman–Crippen MR) is 100 cm³/mol. The summed E-state index contributed by atoms with van der Waals surface area (Å²) in [4.78, 5) is 5.87. The van der Waals surface area contributed by atoms with Gasteiger partial charge in [-0.3, -0.25) is 4.40 Å². The number of nitrogens with one attached hydrogen (secondary N) is 1. The van der Waals surface area contributed by atoms with Crippen molar-refractivity contribution in [3.05, 3.63) is 83.5 Å². The van der Waals surface area contributed by atoms with Crippen molar-refractivity contribution in [2.24, 2.45) is 0 Å². The van der Waals surface area contributed by atoms with Crippen molar-refractivity contribution in [2.75, 3.05) is 6.54 Å². The fourth-order valence-electron chi connectivity index (χ4n) is 2.91. The second kappa shape index (κ2) is 6.99. The molecule has 0 aliphatic rings. The number of rotatable bonds is 6. The van der Waals surface area contributed by atoms with Gasteiger partial charge in [0.2, 0.25) is 0 Å². The predicted octanol–water partition coefficient (Wildman–Crippen LogP) is 4.40. The van der Waals surface area contributed by atoms with Crippen LogP contribution in [0.2, 0.25) is 0 Å². The Bertz CT molecular complexity index is 910. The Hall–Kier alpha value is -2.43. The largest absolute Gasteiger partial charge is 0.311 e. The van der Waals surface area contributed by atoms with Gasteiger partial charge in [-0.1, -0.05) is 60.7 Å². The summed E-state index contributed by atoms with van der Waals surface area (Å²) in [5.74, 6) is 0. The number of hydrogen-bond donors (Lipinski definition) is 1. The van der Waals surface area contributed by atoms with Crippen molar-refractivity contribution in [2.45, 2.75) is 13.0 Å². The Morgan fingerprint density at radius 3 is 2.50 bits per heavy atom. The Morgan fingerprint density at radius 1 is 0.958 bits per heavy atom. The second-order valence-electron chi connectivity index (χ2n) is 5.74. The molecule has 4 aromatic rings. The van der Waals surface area contributed by atoms with E-state index >= 15 is 0 Å². The van der Waals surface area contributed by atoms with Crippen molar-refractivity contribution in [1.29, 1.82) is 0 Å². The van der Waals surface area contributed by atoms with E-state index in [2.05, 4.69) is 75.9 Å². The van der Waals surface area contributed by atoms with Gasteiger partial charge in [-0.2, -0.15) is 0 Å². The Labute approximate surface area is 145 Å². The van der Waals surface area contributed by atoms with Crippen molar-refractivity contribution in [3.8, 4) is 11.3 Å². The minimum absolute atomic E-state index is 0.814. The number of imidazole rings is 1. The number of thiazole rings is 1. The molecule has 0 bridgehead atoms. The molecule has 0 amide bonds. The van der Waals surface area contributed by atoms with Crippen LogP contribution in [-0.2, 0) is 13.0 Å². The first-order valence-electron chi connectivity index (χ1n) is 8.16. The third-order valence-corrected chi connectivity index (χ3v) is 4.89. The molecule has 0 aliphatic heterocycles. The van der Waals surface area contributed by atoms with E-state index in [9.17, 15) is 0 Å². The lowest BCUT2D eigenvalue weighted by Crippen LogP contribution is -2.18. The van der Waals surface area contributed by atoms with Gasteiger partial charge in [-0.05, 0) is 18.5 Å². The molecular formula is C20H19N3S. The molecule has 4 rings (SSSR count). The molecule has 24 heavy (non-hydrogen) atoms. The number of hydrogen-bond acceptors (Lipinski definition) is 3. The van der Waals surface area contributed by atoms with Crippen molar-refractivity contribution < 1.29 is 0 Å². The van der Waals surface area contributed by atoms with E-state index in [0.29, 0.717) is 0 Å². The molecule has 0 saturated carbocycles. The SMILES string of the molecule is c1ccc(CCNCc2c(-c3ccccc3)nc3sccn23)cc1. The van der Waals surface area contributed by atoms with Crippen LogP contribution < -0.4 is 5.32 Å². The first kappa shape index (κ1) is 15.1. The molecule has 1 N–H and O–H groups in total. The lowest BCUT2D eigenvalue weighted by atomic mass is 10.1. The van der Waals surface area contributed by atoms with Gasteiger partial charge in [-0.15, -0.1) is 11.3 Å². The summed E-state index contributed by atoms with van der Waals surface area (Å²) in [6, 6.07) is 21.0. The van der Waals surface area contributed by atoms with Gasteiger partial charge in [0.15, 0.2) is 4.96 Å². The molecule has 2 aromatic heterocycles. The molecule has 2 aromatic carbocycles. The fourth-order valence-corrected chi connectivity index (χ4v) is 3.65. The van der Waals surface area contributed by atoms with Crippen LogP contribution in [0.4, 0.5) is 0 Å². The molecule has 0 radical (unpaired) electrons. The maximum atomic E-state index is 4.82. The Balaban J connectivity index is 1.51. The summed E-state index contributed by atoms with van der Waals surface area (Å²) in [5, 5.41) is 5.66. The fraction of sp³-hybridized carbons (Fsp3) is 0.150. The molecule has 3 nitrogen and oxygen atoms in total. The second-order valence-corrected chi connectivity index (χ2v) is 6.61. The number of nitrogens with zero attached hydrogens (tertiary/aromatic N) is 2. The normalized spacial score (nSPS) is 11.2. The van der Waals surface area contributed by atoms with Crippen molar-refractivity contribution in [3.63, 3.8) is 0 Å². The van der Waals surface area contributed by atoms with E-state index in [1.165, 1.54) is 16.8 Å². The highest BCUT2D eigenvalue weighted by molar-refractivity contribution is 7.15. The van der Waals surface area contributed by atoms with Gasteiger partial charge >= 0.3 is 0 Å². The van der Waals surface area contributed by atoms with Crippen LogP contribution in [-0.4, -0.2) is 15.9 Å². The Kier molecular flexibility index (Phi) is 4.40. The van der Waals surface area contributed by atoms with Gasteiger partial charge in [0.25, 0.3) is 0 Å². The van der Waals surface area contributed by atoms with Gasteiger partial charge in [0.05, 0.1) is 11.4 Å². The minimum atomic E-state index is 0.814. The molecule has 0 saturated heterocycles. The number of benzene rings is 2. The van der Waals surface area contributed by atoms with E-state index in [4.69, 9.17) is 4.98 Å². The zero-order chi connectivity index (χ0) is 16.2. The maximum absolute atomic E-state index is 4.82. The summed E-state index contributed by atoms with van der Waals surface area (Å²) in [7, 11) is 0. The molecule has 0 atom stereocenters. The summed E-state index contributed by atoms with van der Waals surface area (Å²) in [6.45, 7) is 1.77. The topological polar surface area (TPSA) is 29.3 Å². The molecule has 2 heterocycles. The quantitative estimate of drug-likeness (QED) is 0.530. The standard InChI is InChI=1S/C20H19N3S/c1-3-7-16(8-4-1)11-12-21-15-18-19(17-9-5-2-6-10-17)22-20-23(18)13-14-24-20/h1-10,13-14,21H,11-12,15H2.